The second kappa shape index (κ2) is 14.1. The second-order valence-electron chi connectivity index (χ2n) is 9.51. The van der Waals surface area contributed by atoms with Gasteiger partial charge in [0.25, 0.3) is 5.91 Å². The van der Waals surface area contributed by atoms with Gasteiger partial charge in [-0.25, -0.2) is 9.59 Å². The smallest absolute Gasteiger partial charge is 0.408 e. The minimum Gasteiger partial charge on any atom is -0.481 e. The Labute approximate surface area is 218 Å². The van der Waals surface area contributed by atoms with Gasteiger partial charge in [-0.15, -0.1) is 0 Å². The lowest BCUT2D eigenvalue weighted by Gasteiger charge is -2.25. The van der Waals surface area contributed by atoms with Gasteiger partial charge in [0, 0.05) is 13.0 Å². The number of carboxylic acids is 2. The summed E-state index contributed by atoms with van der Waals surface area (Å²) in [5, 5.41) is 27.6. The molecule has 1 saturated heterocycles. The van der Waals surface area contributed by atoms with E-state index in [0.717, 1.165) is 0 Å². The molecule has 16 heteroatoms. The molecule has 5 amide bonds. The number of primary amides is 1. The minimum atomic E-state index is -1.60. The summed E-state index contributed by atoms with van der Waals surface area (Å²) in [5.74, 6) is -6.13. The van der Waals surface area contributed by atoms with Crippen LogP contribution in [0.3, 0.4) is 0 Å². The molecule has 0 aromatic rings. The minimum absolute atomic E-state index is 0.0740. The Balaban J connectivity index is 2.85. The zero-order valence-corrected chi connectivity index (χ0v) is 21.6. The van der Waals surface area contributed by atoms with E-state index in [9.17, 15) is 38.7 Å². The van der Waals surface area contributed by atoms with Crippen LogP contribution in [0.15, 0.2) is 0 Å². The van der Waals surface area contributed by atoms with Gasteiger partial charge >= 0.3 is 18.0 Å². The highest BCUT2D eigenvalue weighted by Crippen LogP contribution is 2.21. The summed E-state index contributed by atoms with van der Waals surface area (Å²) in [6.45, 7) is 5.92. The number of rotatable bonds is 15. The third-order valence-corrected chi connectivity index (χ3v) is 4.99. The normalized spacial score (nSPS) is 18.6. The van der Waals surface area contributed by atoms with Gasteiger partial charge in [0.1, 0.15) is 23.7 Å². The van der Waals surface area contributed by atoms with Crippen molar-refractivity contribution in [2.45, 2.75) is 89.3 Å². The fraction of sp³-hybridized carbons (Fsp3) is 0.682. The Morgan fingerprint density at radius 3 is 1.89 bits per heavy atom. The van der Waals surface area contributed by atoms with Crippen LogP contribution >= 0.6 is 0 Å². The third kappa shape index (κ3) is 11.4. The maximum absolute atomic E-state index is 12.9. The molecule has 0 aromatic heterocycles. The number of hydrogen-bond donors (Lipinski definition) is 7. The van der Waals surface area contributed by atoms with E-state index in [-0.39, 0.29) is 12.8 Å². The largest absolute Gasteiger partial charge is 0.481 e. The van der Waals surface area contributed by atoms with Crippen molar-refractivity contribution in [1.29, 1.82) is 0 Å². The molecule has 0 spiro atoms. The van der Waals surface area contributed by atoms with Gasteiger partial charge in [-0.1, -0.05) is 13.3 Å². The van der Waals surface area contributed by atoms with E-state index in [1.165, 1.54) is 0 Å². The van der Waals surface area contributed by atoms with Gasteiger partial charge in [-0.2, -0.15) is 0 Å². The van der Waals surface area contributed by atoms with Crippen LogP contribution in [-0.2, 0) is 38.2 Å². The number of nitrogens with two attached hydrogens (primary N) is 1. The van der Waals surface area contributed by atoms with Crippen LogP contribution in [-0.4, -0.2) is 94.4 Å². The van der Waals surface area contributed by atoms with E-state index < -0.39 is 90.6 Å². The van der Waals surface area contributed by atoms with Gasteiger partial charge in [0.15, 0.2) is 12.2 Å². The molecule has 8 N–H and O–H groups in total. The van der Waals surface area contributed by atoms with Crippen molar-refractivity contribution in [2.75, 3.05) is 6.54 Å². The van der Waals surface area contributed by atoms with E-state index in [1.807, 2.05) is 0 Å². The Bertz CT molecular complexity index is 933. The molecule has 16 nitrogen and oxygen atoms in total. The van der Waals surface area contributed by atoms with E-state index in [0.29, 0.717) is 6.42 Å². The number of amides is 5. The van der Waals surface area contributed by atoms with Gasteiger partial charge in [0.05, 0.1) is 0 Å². The molecule has 0 radical (unpaired) electrons. The number of carbonyl (C=O) groups excluding carboxylic acids is 5. The summed E-state index contributed by atoms with van der Waals surface area (Å²) in [5.41, 5.74) is 4.12. The summed E-state index contributed by atoms with van der Waals surface area (Å²) < 4.78 is 9.89. The molecule has 1 aliphatic rings. The molecule has 1 fully saturated rings. The van der Waals surface area contributed by atoms with E-state index in [4.69, 9.17) is 20.3 Å². The number of aliphatic carboxylic acids is 2. The van der Waals surface area contributed by atoms with E-state index in [2.05, 4.69) is 21.3 Å². The van der Waals surface area contributed by atoms with Crippen LogP contribution in [0.5, 0.6) is 0 Å². The molecule has 1 heterocycles. The maximum Gasteiger partial charge on any atom is 0.408 e. The van der Waals surface area contributed by atoms with Crippen molar-refractivity contribution >= 4 is 41.7 Å². The summed E-state index contributed by atoms with van der Waals surface area (Å²) in [4.78, 5) is 83.5. The van der Waals surface area contributed by atoms with E-state index in [1.54, 1.807) is 27.7 Å². The average Bonchev–Trinajstić information content (AvgIpc) is 3.58. The van der Waals surface area contributed by atoms with Crippen molar-refractivity contribution < 1.29 is 53.2 Å². The first-order valence-corrected chi connectivity index (χ1v) is 11.8. The van der Waals surface area contributed by atoms with Crippen LogP contribution in [0.25, 0.3) is 0 Å². The molecule has 0 aliphatic carbocycles. The van der Waals surface area contributed by atoms with Crippen LogP contribution in [0.4, 0.5) is 4.79 Å². The van der Waals surface area contributed by atoms with Gasteiger partial charge < -0.3 is 46.7 Å². The van der Waals surface area contributed by atoms with Crippen LogP contribution in [0.2, 0.25) is 0 Å². The fourth-order valence-corrected chi connectivity index (χ4v) is 3.12. The lowest BCUT2D eigenvalue weighted by atomic mass is 10.1. The third-order valence-electron chi connectivity index (χ3n) is 4.99. The molecule has 5 atom stereocenters. The topological polar surface area (TPSA) is 256 Å². The molecule has 1 rings (SSSR count). The standard InChI is InChI=1S/C22H35N5O11/c1-5-6-10(25-18(32)11(7-8-13(28)29)27-21(36)38-22(2,3)4)17(31)26-12(20(34)35)9-24-19(33)15-14(37-15)16(23)30/h10-12,14-15H,5-9H2,1-4H3,(H2,23,30)(H,24,33)(H,25,32)(H,26,31)(H,27,36)(H,28,29)(H,34,35)/t10-,11-,12-,14?,15?/m0/s1. The molecule has 214 valence electrons. The van der Waals surface area contributed by atoms with Crippen molar-refractivity contribution in [3.05, 3.63) is 0 Å². The second-order valence-corrected chi connectivity index (χ2v) is 9.51. The number of nitrogens with one attached hydrogen (secondary N) is 4. The number of epoxide rings is 1. The van der Waals surface area contributed by atoms with Gasteiger partial charge in [-0.05, 0) is 33.6 Å². The number of ether oxygens (including phenoxy) is 2. The number of carboxylic acid groups (broad SMARTS) is 2. The highest BCUT2D eigenvalue weighted by Gasteiger charge is 2.49. The van der Waals surface area contributed by atoms with Crippen molar-refractivity contribution in [1.82, 2.24) is 21.3 Å². The Kier molecular flexibility index (Phi) is 11.9. The SMILES string of the molecule is CCC[C@H](NC(=O)[C@H](CCC(=O)O)NC(=O)OC(C)(C)C)C(=O)N[C@@H](CNC(=O)C1OC1C(N)=O)C(=O)O. The van der Waals surface area contributed by atoms with Crippen LogP contribution < -0.4 is 27.0 Å². The monoisotopic (exact) mass is 545 g/mol. The molecule has 0 saturated carbocycles. The predicted molar refractivity (Wildman–Crippen MR) is 127 cm³/mol. The molecular formula is C22H35N5O11. The molecule has 0 bridgehead atoms. The zero-order chi connectivity index (χ0) is 29.2. The molecule has 0 aromatic carbocycles. The Hall–Kier alpha value is -3.95. The summed E-state index contributed by atoms with van der Waals surface area (Å²) >= 11 is 0. The van der Waals surface area contributed by atoms with E-state index >= 15 is 0 Å². The molecule has 1 aliphatic heterocycles. The van der Waals surface area contributed by atoms with Crippen LogP contribution in [0.1, 0.15) is 53.4 Å². The summed E-state index contributed by atoms with van der Waals surface area (Å²) in [7, 11) is 0. The first-order chi connectivity index (χ1) is 17.5. The quantitative estimate of drug-likeness (QED) is 0.110. The summed E-state index contributed by atoms with van der Waals surface area (Å²) in [6.07, 6.45) is -3.55. The lowest BCUT2D eigenvalue weighted by molar-refractivity contribution is -0.142. The number of hydrogen-bond acceptors (Lipinski definition) is 9. The first-order valence-electron chi connectivity index (χ1n) is 11.8. The average molecular weight is 546 g/mol. The molecular weight excluding hydrogens is 510 g/mol. The Morgan fingerprint density at radius 1 is 0.895 bits per heavy atom. The van der Waals surface area contributed by atoms with Gasteiger partial charge in [-0.3, -0.25) is 24.0 Å². The predicted octanol–water partition coefficient (Wildman–Crippen LogP) is -2.03. The van der Waals surface area contributed by atoms with Crippen molar-refractivity contribution in [3.8, 4) is 0 Å². The lowest BCUT2D eigenvalue weighted by Crippen LogP contribution is -2.57. The van der Waals surface area contributed by atoms with Crippen molar-refractivity contribution in [3.63, 3.8) is 0 Å². The number of carbonyl (C=O) groups is 7. The molecule has 2 unspecified atom stereocenters. The first kappa shape index (κ1) is 32.1. The maximum atomic E-state index is 12.9. The summed E-state index contributed by atoms with van der Waals surface area (Å²) in [6, 6.07) is -4.21. The van der Waals surface area contributed by atoms with Gasteiger partial charge in [0.2, 0.25) is 17.7 Å². The number of alkyl carbamates (subject to hydrolysis) is 1. The highest BCUT2D eigenvalue weighted by molar-refractivity contribution is 5.95. The van der Waals surface area contributed by atoms with Crippen LogP contribution in [0, 0.1) is 0 Å². The molecule has 38 heavy (non-hydrogen) atoms. The highest BCUT2D eigenvalue weighted by atomic mass is 16.6. The van der Waals surface area contributed by atoms with Crippen molar-refractivity contribution in [2.24, 2.45) is 5.73 Å². The fourth-order valence-electron chi connectivity index (χ4n) is 3.12. The zero-order valence-electron chi connectivity index (χ0n) is 21.6. The Morgan fingerprint density at radius 2 is 1.45 bits per heavy atom.